The van der Waals surface area contributed by atoms with Crippen LogP contribution in [0.1, 0.15) is 16.8 Å². The van der Waals surface area contributed by atoms with Gasteiger partial charge in [0.05, 0.1) is 12.3 Å². The monoisotopic (exact) mass is 238 g/mol. The summed E-state index contributed by atoms with van der Waals surface area (Å²) in [6.45, 7) is 2.02. The number of halogens is 1. The molecule has 3 N–H and O–H groups in total. The quantitative estimate of drug-likeness (QED) is 0.777. The maximum atomic E-state index is 12.9. The van der Waals surface area contributed by atoms with Gasteiger partial charge < -0.3 is 15.8 Å². The number of carbonyl (C=O) groups excluding carboxylic acids is 1. The number of rotatable bonds is 3. The van der Waals surface area contributed by atoms with Crippen molar-refractivity contribution in [1.82, 2.24) is 5.32 Å². The summed E-state index contributed by atoms with van der Waals surface area (Å²) in [6, 6.07) is 3.96. The first kappa shape index (κ1) is 11.9. The molecule has 5 heteroatoms. The average molecular weight is 238 g/mol. The predicted octanol–water partition coefficient (Wildman–Crippen LogP) is 1.17. The second-order valence-electron chi connectivity index (χ2n) is 4.18. The van der Waals surface area contributed by atoms with Gasteiger partial charge in [0.1, 0.15) is 5.82 Å². The summed E-state index contributed by atoms with van der Waals surface area (Å²) in [5.74, 6) is -0.369. The summed E-state index contributed by atoms with van der Waals surface area (Å²) in [6.07, 6.45) is 0.964. The van der Waals surface area contributed by atoms with Gasteiger partial charge >= 0.3 is 0 Å². The molecule has 1 heterocycles. The van der Waals surface area contributed by atoms with Crippen LogP contribution in [0, 0.1) is 11.7 Å². The largest absolute Gasteiger partial charge is 0.396 e. The molecule has 92 valence electrons. The van der Waals surface area contributed by atoms with Crippen molar-refractivity contribution in [2.24, 2.45) is 5.92 Å². The summed E-state index contributed by atoms with van der Waals surface area (Å²) in [5, 5.41) is 2.79. The number of benzene rings is 1. The van der Waals surface area contributed by atoms with Crippen LogP contribution in [0.25, 0.3) is 0 Å². The molecule has 1 atom stereocenters. The normalized spacial score (nSPS) is 19.2. The van der Waals surface area contributed by atoms with E-state index in [-0.39, 0.29) is 11.6 Å². The van der Waals surface area contributed by atoms with Gasteiger partial charge in [-0.3, -0.25) is 4.79 Å². The zero-order chi connectivity index (χ0) is 12.3. The Balaban J connectivity index is 1.92. The maximum absolute atomic E-state index is 12.9. The van der Waals surface area contributed by atoms with Crippen molar-refractivity contribution in [2.45, 2.75) is 6.42 Å². The number of nitrogen functional groups attached to an aromatic ring is 1. The van der Waals surface area contributed by atoms with Gasteiger partial charge in [0.2, 0.25) is 0 Å². The second kappa shape index (κ2) is 5.14. The average Bonchev–Trinajstić information content (AvgIpc) is 2.82. The van der Waals surface area contributed by atoms with E-state index in [9.17, 15) is 9.18 Å². The van der Waals surface area contributed by atoms with Crippen molar-refractivity contribution in [2.75, 3.05) is 25.5 Å². The lowest BCUT2D eigenvalue weighted by Crippen LogP contribution is -2.29. The van der Waals surface area contributed by atoms with E-state index in [0.717, 1.165) is 13.0 Å². The summed E-state index contributed by atoms with van der Waals surface area (Å²) < 4.78 is 18.1. The highest BCUT2D eigenvalue weighted by Crippen LogP contribution is 2.13. The number of carbonyl (C=O) groups is 1. The molecule has 0 bridgehead atoms. The second-order valence-corrected chi connectivity index (χ2v) is 4.18. The third-order valence-electron chi connectivity index (χ3n) is 2.83. The highest BCUT2D eigenvalue weighted by Gasteiger charge is 2.17. The Kier molecular flexibility index (Phi) is 3.58. The van der Waals surface area contributed by atoms with Gasteiger partial charge in [-0.05, 0) is 24.6 Å². The Bertz CT molecular complexity index is 417. The Morgan fingerprint density at radius 1 is 1.59 bits per heavy atom. The molecule has 1 fully saturated rings. The number of nitrogens with one attached hydrogen (secondary N) is 1. The fourth-order valence-electron chi connectivity index (χ4n) is 1.77. The summed E-state index contributed by atoms with van der Waals surface area (Å²) >= 11 is 0. The van der Waals surface area contributed by atoms with Crippen LogP contribution in [0.3, 0.4) is 0 Å². The molecule has 1 saturated heterocycles. The zero-order valence-electron chi connectivity index (χ0n) is 9.41. The Hall–Kier alpha value is -1.62. The predicted molar refractivity (Wildman–Crippen MR) is 62.1 cm³/mol. The van der Waals surface area contributed by atoms with Crippen LogP contribution in [0.15, 0.2) is 18.2 Å². The summed E-state index contributed by atoms with van der Waals surface area (Å²) in [7, 11) is 0. The molecular formula is C12H15FN2O2. The molecule has 1 aromatic rings. The third kappa shape index (κ3) is 2.94. The van der Waals surface area contributed by atoms with Crippen LogP contribution in [0.5, 0.6) is 0 Å². The molecule has 1 unspecified atom stereocenters. The first-order valence-electron chi connectivity index (χ1n) is 5.58. The fourth-order valence-corrected chi connectivity index (χ4v) is 1.77. The molecular weight excluding hydrogens is 223 g/mol. The van der Waals surface area contributed by atoms with Crippen LogP contribution in [-0.4, -0.2) is 25.7 Å². The molecule has 0 radical (unpaired) electrons. The number of amides is 1. The smallest absolute Gasteiger partial charge is 0.251 e. The standard InChI is InChI=1S/C12H15FN2O2/c13-10-2-1-9(5-11(10)14)12(16)15-6-8-3-4-17-7-8/h1-2,5,8H,3-4,6-7,14H2,(H,15,16). The van der Waals surface area contributed by atoms with Gasteiger partial charge in [0, 0.05) is 24.6 Å². The van der Waals surface area contributed by atoms with Crippen molar-refractivity contribution in [3.63, 3.8) is 0 Å². The van der Waals surface area contributed by atoms with Gasteiger partial charge in [0.15, 0.2) is 0 Å². The number of hydrogen-bond acceptors (Lipinski definition) is 3. The molecule has 0 aromatic heterocycles. The first-order valence-corrected chi connectivity index (χ1v) is 5.58. The van der Waals surface area contributed by atoms with Gasteiger partial charge in [-0.2, -0.15) is 0 Å². The van der Waals surface area contributed by atoms with Crippen molar-refractivity contribution < 1.29 is 13.9 Å². The number of anilines is 1. The Morgan fingerprint density at radius 3 is 3.06 bits per heavy atom. The van der Waals surface area contributed by atoms with Crippen molar-refractivity contribution >= 4 is 11.6 Å². The van der Waals surface area contributed by atoms with Crippen LogP contribution in [-0.2, 0) is 4.74 Å². The molecule has 0 spiro atoms. The van der Waals surface area contributed by atoms with E-state index < -0.39 is 5.82 Å². The molecule has 1 aromatic carbocycles. The Labute approximate surface area is 98.9 Å². The molecule has 1 aliphatic heterocycles. The van der Waals surface area contributed by atoms with E-state index in [2.05, 4.69) is 5.32 Å². The lowest BCUT2D eigenvalue weighted by Gasteiger charge is -2.09. The van der Waals surface area contributed by atoms with Crippen molar-refractivity contribution in [1.29, 1.82) is 0 Å². The van der Waals surface area contributed by atoms with E-state index in [0.29, 0.717) is 24.6 Å². The van der Waals surface area contributed by atoms with Crippen LogP contribution < -0.4 is 11.1 Å². The van der Waals surface area contributed by atoms with E-state index in [1.807, 2.05) is 0 Å². The maximum Gasteiger partial charge on any atom is 0.251 e. The molecule has 0 saturated carbocycles. The molecule has 17 heavy (non-hydrogen) atoms. The van der Waals surface area contributed by atoms with E-state index >= 15 is 0 Å². The van der Waals surface area contributed by atoms with Gasteiger partial charge in [-0.1, -0.05) is 0 Å². The summed E-state index contributed by atoms with van der Waals surface area (Å²) in [5.41, 5.74) is 5.77. The number of nitrogens with two attached hydrogens (primary N) is 1. The van der Waals surface area contributed by atoms with E-state index in [4.69, 9.17) is 10.5 Å². The van der Waals surface area contributed by atoms with E-state index in [1.54, 1.807) is 0 Å². The van der Waals surface area contributed by atoms with Crippen LogP contribution >= 0.6 is 0 Å². The first-order chi connectivity index (χ1) is 8.16. The minimum atomic E-state index is -0.509. The van der Waals surface area contributed by atoms with Gasteiger partial charge in [-0.15, -0.1) is 0 Å². The number of hydrogen-bond donors (Lipinski definition) is 2. The number of ether oxygens (including phenoxy) is 1. The van der Waals surface area contributed by atoms with Gasteiger partial charge in [0.25, 0.3) is 5.91 Å². The Morgan fingerprint density at radius 2 is 2.41 bits per heavy atom. The highest BCUT2D eigenvalue weighted by atomic mass is 19.1. The van der Waals surface area contributed by atoms with E-state index in [1.165, 1.54) is 18.2 Å². The third-order valence-corrected chi connectivity index (χ3v) is 2.83. The molecule has 1 aliphatic rings. The fraction of sp³-hybridized carbons (Fsp3) is 0.417. The molecule has 4 nitrogen and oxygen atoms in total. The van der Waals surface area contributed by atoms with Crippen molar-refractivity contribution in [3.05, 3.63) is 29.6 Å². The topological polar surface area (TPSA) is 64.4 Å². The SMILES string of the molecule is Nc1cc(C(=O)NCC2CCOC2)ccc1F. The van der Waals surface area contributed by atoms with Gasteiger partial charge in [-0.25, -0.2) is 4.39 Å². The minimum Gasteiger partial charge on any atom is -0.396 e. The minimum absolute atomic E-state index is 0.0122. The molecule has 0 aliphatic carbocycles. The van der Waals surface area contributed by atoms with Crippen molar-refractivity contribution in [3.8, 4) is 0 Å². The highest BCUT2D eigenvalue weighted by molar-refractivity contribution is 5.95. The molecule has 1 amide bonds. The zero-order valence-corrected chi connectivity index (χ0v) is 9.41. The van der Waals surface area contributed by atoms with Crippen LogP contribution in [0.2, 0.25) is 0 Å². The lowest BCUT2D eigenvalue weighted by atomic mass is 10.1. The van der Waals surface area contributed by atoms with Crippen LogP contribution in [0.4, 0.5) is 10.1 Å². The molecule has 2 rings (SSSR count). The lowest BCUT2D eigenvalue weighted by molar-refractivity contribution is 0.0945. The summed E-state index contributed by atoms with van der Waals surface area (Å²) in [4.78, 5) is 11.7.